The highest BCUT2D eigenvalue weighted by Gasteiger charge is 2.29. The summed E-state index contributed by atoms with van der Waals surface area (Å²) in [5, 5.41) is 12.0. The van der Waals surface area contributed by atoms with E-state index >= 15 is 0 Å². The number of anilines is 6. The van der Waals surface area contributed by atoms with E-state index in [1.54, 1.807) is 0 Å². The Labute approximate surface area is 609 Å². The zero-order chi connectivity index (χ0) is 71.3. The molecule has 4 aromatic heterocycles. The Bertz CT molecular complexity index is 5970. The highest BCUT2D eigenvalue weighted by atomic mass is 15.2. The topological polar surface area (TPSA) is 26.2 Å². The Hall–Kier alpha value is -11.9. The van der Waals surface area contributed by atoms with Crippen LogP contribution in [0.25, 0.3) is 121 Å². The van der Waals surface area contributed by atoms with Gasteiger partial charge in [-0.25, -0.2) is 0 Å². The SMILES string of the molecule is CC(C)(C)c1cc(-n2c3ccccc3c3ccc(N(c4ccccc4)c4ccc5c6ccc7c(ccc8c9ccc(N(c%10ccccc%10)c%10ccc%11c%12ccccc%12n(-c%12cc(C(C)(C)C)cc(C(C)(C)C)c%12)c%11c%10)cc9n(-c9ccccc9)c87)c6n(-c6ccccc6)c5c4)cc32)cc(C(C)(C)C)c1. The molecule has 14 aromatic carbocycles. The van der Waals surface area contributed by atoms with Crippen molar-refractivity contribution in [2.45, 2.75) is 105 Å². The van der Waals surface area contributed by atoms with Crippen LogP contribution in [0.4, 0.5) is 34.1 Å². The van der Waals surface area contributed by atoms with Crippen LogP contribution in [0.5, 0.6) is 0 Å². The zero-order valence-corrected chi connectivity index (χ0v) is 61.6. The summed E-state index contributed by atoms with van der Waals surface area (Å²) in [5.41, 5.74) is 25.4. The number of aromatic nitrogens is 4. The Balaban J connectivity index is 0.837. The Morgan fingerprint density at radius 2 is 0.423 bits per heavy atom. The average Bonchev–Trinajstić information content (AvgIpc) is 1.54. The van der Waals surface area contributed by atoms with Gasteiger partial charge in [-0.1, -0.05) is 253 Å². The van der Waals surface area contributed by atoms with Crippen molar-refractivity contribution in [3.63, 3.8) is 0 Å². The van der Waals surface area contributed by atoms with Crippen molar-refractivity contribution in [2.24, 2.45) is 0 Å². The molecule has 6 heteroatoms. The minimum atomic E-state index is -0.0507. The maximum Gasteiger partial charge on any atom is 0.0620 e. The summed E-state index contributed by atoms with van der Waals surface area (Å²) in [6.07, 6.45) is 0. The van der Waals surface area contributed by atoms with Crippen LogP contribution in [-0.2, 0) is 21.7 Å². The fourth-order valence-corrected chi connectivity index (χ4v) is 16.4. The molecule has 0 bridgehead atoms. The molecule has 508 valence electrons. The van der Waals surface area contributed by atoms with E-state index in [4.69, 9.17) is 0 Å². The van der Waals surface area contributed by atoms with Crippen molar-refractivity contribution in [3.8, 4) is 22.7 Å². The van der Waals surface area contributed by atoms with Gasteiger partial charge in [0.05, 0.1) is 44.1 Å². The molecule has 0 unspecified atom stereocenters. The van der Waals surface area contributed by atoms with Crippen molar-refractivity contribution in [2.75, 3.05) is 9.80 Å². The van der Waals surface area contributed by atoms with Crippen LogP contribution in [0, 0.1) is 0 Å². The molecule has 0 radical (unpaired) electrons. The molecule has 0 aliphatic rings. The van der Waals surface area contributed by atoms with Gasteiger partial charge in [-0.15, -0.1) is 0 Å². The Morgan fingerprint density at radius 3 is 0.731 bits per heavy atom. The molecular formula is C98H86N6. The molecule has 104 heavy (non-hydrogen) atoms. The van der Waals surface area contributed by atoms with E-state index in [1.807, 2.05) is 0 Å². The van der Waals surface area contributed by atoms with Crippen LogP contribution in [0.15, 0.2) is 303 Å². The lowest BCUT2D eigenvalue weighted by molar-refractivity contribution is 0.567. The first-order chi connectivity index (χ1) is 50.1. The number of para-hydroxylation sites is 6. The van der Waals surface area contributed by atoms with Gasteiger partial charge in [0.2, 0.25) is 0 Å². The second-order valence-corrected chi connectivity index (χ2v) is 32.8. The predicted molar refractivity (Wildman–Crippen MR) is 445 cm³/mol. The van der Waals surface area contributed by atoms with Gasteiger partial charge in [0, 0.05) is 111 Å². The number of hydrogen-bond donors (Lipinski definition) is 0. The first-order valence-electron chi connectivity index (χ1n) is 36.8. The van der Waals surface area contributed by atoms with Gasteiger partial charge < -0.3 is 28.1 Å². The molecule has 0 atom stereocenters. The lowest BCUT2D eigenvalue weighted by Crippen LogP contribution is -2.17. The summed E-state index contributed by atoms with van der Waals surface area (Å²) < 4.78 is 10.1. The summed E-state index contributed by atoms with van der Waals surface area (Å²) >= 11 is 0. The third-order valence-corrected chi connectivity index (χ3v) is 21.8. The number of benzene rings is 14. The second kappa shape index (κ2) is 23.9. The van der Waals surface area contributed by atoms with Crippen LogP contribution in [0.2, 0.25) is 0 Å². The van der Waals surface area contributed by atoms with Gasteiger partial charge in [-0.3, -0.25) is 0 Å². The minimum absolute atomic E-state index is 0.0507. The number of rotatable bonds is 10. The quantitative estimate of drug-likeness (QED) is 0.136. The van der Waals surface area contributed by atoms with E-state index < -0.39 is 0 Å². The zero-order valence-electron chi connectivity index (χ0n) is 61.6. The van der Waals surface area contributed by atoms with Crippen molar-refractivity contribution < 1.29 is 0 Å². The average molecular weight is 1350 g/mol. The molecule has 0 saturated heterocycles. The lowest BCUT2D eigenvalue weighted by atomic mass is 9.80. The van der Waals surface area contributed by atoms with E-state index in [0.717, 1.165) is 67.6 Å². The van der Waals surface area contributed by atoms with Gasteiger partial charge >= 0.3 is 0 Å². The van der Waals surface area contributed by atoms with Gasteiger partial charge in [-0.2, -0.15) is 0 Å². The Morgan fingerprint density at radius 1 is 0.183 bits per heavy atom. The molecule has 0 amide bonds. The van der Waals surface area contributed by atoms with Gasteiger partial charge in [0.1, 0.15) is 0 Å². The van der Waals surface area contributed by atoms with E-state index in [2.05, 4.69) is 414 Å². The number of fused-ring (bicyclic) bond motifs is 15. The van der Waals surface area contributed by atoms with Crippen LogP contribution in [0.3, 0.4) is 0 Å². The summed E-state index contributed by atoms with van der Waals surface area (Å²) in [4.78, 5) is 4.89. The molecule has 4 heterocycles. The van der Waals surface area contributed by atoms with Crippen LogP contribution in [-0.4, -0.2) is 18.3 Å². The van der Waals surface area contributed by atoms with Crippen LogP contribution in [0.1, 0.15) is 105 Å². The van der Waals surface area contributed by atoms with Crippen molar-refractivity contribution in [1.82, 2.24) is 18.3 Å². The second-order valence-electron chi connectivity index (χ2n) is 32.8. The number of hydrogen-bond acceptors (Lipinski definition) is 2. The minimum Gasteiger partial charge on any atom is -0.310 e. The van der Waals surface area contributed by atoms with E-state index in [9.17, 15) is 0 Å². The van der Waals surface area contributed by atoms with Crippen LogP contribution >= 0.6 is 0 Å². The highest BCUT2D eigenvalue weighted by molar-refractivity contribution is 6.27. The molecule has 0 aliphatic carbocycles. The van der Waals surface area contributed by atoms with Gasteiger partial charge in [0.25, 0.3) is 0 Å². The van der Waals surface area contributed by atoms with Crippen molar-refractivity contribution in [3.05, 3.63) is 326 Å². The number of nitrogens with zero attached hydrogens (tertiary/aromatic N) is 6. The first-order valence-corrected chi connectivity index (χ1v) is 36.8. The molecule has 0 N–H and O–H groups in total. The fraction of sp³-hybridized carbons (Fsp3) is 0.163. The van der Waals surface area contributed by atoms with E-state index in [1.165, 1.54) is 110 Å². The lowest BCUT2D eigenvalue weighted by Gasteiger charge is -2.27. The van der Waals surface area contributed by atoms with E-state index in [-0.39, 0.29) is 21.7 Å². The molecule has 18 aromatic rings. The van der Waals surface area contributed by atoms with Gasteiger partial charge in [-0.05, 0) is 177 Å². The fourth-order valence-electron chi connectivity index (χ4n) is 16.4. The molecule has 0 aliphatic heterocycles. The smallest absolute Gasteiger partial charge is 0.0620 e. The normalized spacial score (nSPS) is 12.6. The summed E-state index contributed by atoms with van der Waals surface area (Å²) in [5.74, 6) is 0. The third kappa shape index (κ3) is 10.6. The molecule has 6 nitrogen and oxygen atoms in total. The molecule has 0 saturated carbocycles. The highest BCUT2D eigenvalue weighted by Crippen LogP contribution is 2.49. The monoisotopic (exact) mass is 1350 g/mol. The van der Waals surface area contributed by atoms with Crippen LogP contribution < -0.4 is 9.80 Å². The maximum atomic E-state index is 2.52. The standard InChI is InChI=1S/C98H86N6/c1-95(2,3)63-53-64(96(4,5)6)56-75(55-63)101-87-39-27-25-37-77(87)79-45-41-71(59-89(79)101)99(67-29-17-13-18-30-67)73-43-47-81-83-49-51-86-85(93(83)103(91(81)61-73)69-33-21-15-22-34-69)52-50-84-82-48-44-74(62-92(82)104(94(84)86)70-35-23-16-24-36-70)100(68-31-19-14-20-32-68)72-42-46-80-78-38-26-28-40-88(78)102(90(80)60-72)76-57-65(97(7,8)9)54-66(58-76)98(10,11)12/h13-62H,1-12H3. The summed E-state index contributed by atoms with van der Waals surface area (Å²) in [6.45, 7) is 27.9. The molecule has 0 fully saturated rings. The molecule has 0 spiro atoms. The molecular weight excluding hydrogens is 1260 g/mol. The largest absolute Gasteiger partial charge is 0.310 e. The van der Waals surface area contributed by atoms with E-state index in [0.29, 0.717) is 0 Å². The van der Waals surface area contributed by atoms with Gasteiger partial charge in [0.15, 0.2) is 0 Å². The first kappa shape index (κ1) is 64.3. The summed E-state index contributed by atoms with van der Waals surface area (Å²) in [7, 11) is 0. The predicted octanol–water partition coefficient (Wildman–Crippen LogP) is 27.4. The third-order valence-electron chi connectivity index (χ3n) is 21.8. The molecule has 18 rings (SSSR count). The van der Waals surface area contributed by atoms with Crippen molar-refractivity contribution >= 4 is 132 Å². The van der Waals surface area contributed by atoms with Crippen molar-refractivity contribution in [1.29, 1.82) is 0 Å². The maximum absolute atomic E-state index is 2.52. The Kier molecular flexibility index (Phi) is 14.7. The summed E-state index contributed by atoms with van der Waals surface area (Å²) in [6, 6.07) is 114.